The van der Waals surface area contributed by atoms with Gasteiger partial charge in [-0.25, -0.2) is 0 Å². The molecule has 0 saturated carbocycles. The molecule has 1 aromatic carbocycles. The van der Waals surface area contributed by atoms with Crippen molar-refractivity contribution < 1.29 is 4.79 Å². The van der Waals surface area contributed by atoms with E-state index in [2.05, 4.69) is 11.1 Å². The molecule has 1 aromatic heterocycles. The highest BCUT2D eigenvalue weighted by molar-refractivity contribution is 5.97. The lowest BCUT2D eigenvalue weighted by atomic mass is 10.1. The van der Waals surface area contributed by atoms with Gasteiger partial charge in [-0.15, -0.1) is 0 Å². The summed E-state index contributed by atoms with van der Waals surface area (Å²) in [6.07, 6.45) is 4.26. The fourth-order valence-corrected chi connectivity index (χ4v) is 3.71. The largest absolute Gasteiger partial charge is 0.366 e. The molecule has 0 atom stereocenters. The zero-order valence-corrected chi connectivity index (χ0v) is 15.8. The Morgan fingerprint density at radius 2 is 1.89 bits per heavy atom. The highest BCUT2D eigenvalue weighted by Crippen LogP contribution is 2.29. The minimum Gasteiger partial charge on any atom is -0.366 e. The third-order valence-corrected chi connectivity index (χ3v) is 5.14. The lowest BCUT2D eigenvalue weighted by molar-refractivity contribution is -0.127. The van der Waals surface area contributed by atoms with E-state index in [-0.39, 0.29) is 23.2 Å². The molecule has 4 rings (SSSR count). The average molecular weight is 378 g/mol. The average Bonchev–Trinajstić information content (AvgIpc) is 3.25. The van der Waals surface area contributed by atoms with Crippen LogP contribution >= 0.6 is 0 Å². The summed E-state index contributed by atoms with van der Waals surface area (Å²) in [6, 6.07) is 9.68. The van der Waals surface area contributed by atoms with Crippen molar-refractivity contribution in [3.63, 3.8) is 0 Å². The number of aryl methyl sites for hydroxylation is 1. The number of nitrogens with zero attached hydrogens (tertiary/aromatic N) is 5. The molecule has 0 spiro atoms. The maximum atomic E-state index is 12.6. The first kappa shape index (κ1) is 19.3. The van der Waals surface area contributed by atoms with Crippen molar-refractivity contribution in [1.82, 2.24) is 15.6 Å². The van der Waals surface area contributed by atoms with Gasteiger partial charge in [-0.2, -0.15) is 5.26 Å². The van der Waals surface area contributed by atoms with Crippen LogP contribution in [0.2, 0.25) is 0 Å². The third-order valence-electron chi connectivity index (χ3n) is 5.14. The Bertz CT molecular complexity index is 1080. The van der Waals surface area contributed by atoms with Crippen molar-refractivity contribution in [2.24, 2.45) is 12.0 Å². The Labute approximate surface area is 162 Å². The summed E-state index contributed by atoms with van der Waals surface area (Å²) in [5, 5.41) is 10.5. The van der Waals surface area contributed by atoms with Gasteiger partial charge >= 0.3 is 0 Å². The van der Waals surface area contributed by atoms with E-state index in [4.69, 9.17) is 0 Å². The fourth-order valence-electron chi connectivity index (χ4n) is 3.71. The van der Waals surface area contributed by atoms with Gasteiger partial charge in [-0.05, 0) is 12.1 Å². The van der Waals surface area contributed by atoms with Gasteiger partial charge in [0.25, 0.3) is 11.5 Å². The van der Waals surface area contributed by atoms with Crippen molar-refractivity contribution in [2.45, 2.75) is 6.42 Å². The van der Waals surface area contributed by atoms with Gasteiger partial charge in [0.05, 0.1) is 11.2 Å². The molecule has 2 aliphatic rings. The third kappa shape index (κ3) is 3.06. The summed E-state index contributed by atoms with van der Waals surface area (Å²) in [7, 11) is 1.68. The fraction of sp³-hybridized carbons (Fsp3) is 0.300. The molecule has 3 N–H and O–H groups in total. The van der Waals surface area contributed by atoms with Crippen molar-refractivity contribution in [1.29, 1.82) is 5.26 Å². The predicted octanol–water partition coefficient (Wildman–Crippen LogP) is 1.58. The van der Waals surface area contributed by atoms with Crippen LogP contribution in [0, 0.1) is 11.3 Å². The predicted molar refractivity (Wildman–Crippen MR) is 109 cm³/mol. The second kappa shape index (κ2) is 7.66. The van der Waals surface area contributed by atoms with Crippen LogP contribution in [-0.2, 0) is 11.8 Å². The molecule has 3 heterocycles. The van der Waals surface area contributed by atoms with Crippen LogP contribution < -0.4 is 16.6 Å². The van der Waals surface area contributed by atoms with Crippen LogP contribution in [0.3, 0.4) is 0 Å². The standard InChI is InChI=1S/C20H19N5O2.H3N/c1-23-17-7-3-2-5-14(17)18(15(13-21)19(23)26)24-9-11-25(12-10-24)20(27)16-6-4-8-22-16;/h2-3,5-8H,4,9-12H2,1H3;1H3. The number of allylic oxidation sites excluding steroid dienone is 1. The first-order valence-electron chi connectivity index (χ1n) is 8.90. The normalized spacial score (nSPS) is 15.9. The smallest absolute Gasteiger partial charge is 0.272 e. The minimum atomic E-state index is -0.296. The van der Waals surface area contributed by atoms with Crippen LogP contribution in [0.15, 0.2) is 45.8 Å². The SMILES string of the molecule is Cn1c(=O)c(C#N)c(N2CCN(C(=O)C3=CCC=N3)CC2)c2ccccc21.N. The first-order valence-corrected chi connectivity index (χ1v) is 8.90. The van der Waals surface area contributed by atoms with Crippen LogP contribution in [0.4, 0.5) is 5.69 Å². The molecular formula is C20H22N6O2. The number of hydrogen-bond acceptors (Lipinski definition) is 6. The van der Waals surface area contributed by atoms with E-state index < -0.39 is 0 Å². The molecule has 1 amide bonds. The molecule has 8 heteroatoms. The Hall–Kier alpha value is -3.44. The van der Waals surface area contributed by atoms with Crippen LogP contribution in [0.25, 0.3) is 10.9 Å². The molecule has 0 radical (unpaired) electrons. The van der Waals surface area contributed by atoms with E-state index in [0.717, 1.165) is 10.9 Å². The van der Waals surface area contributed by atoms with Gasteiger partial charge in [0, 0.05) is 51.2 Å². The number of carbonyl (C=O) groups is 1. The van der Waals surface area contributed by atoms with Gasteiger partial charge in [-0.1, -0.05) is 18.2 Å². The van der Waals surface area contributed by atoms with Gasteiger partial charge in [0.15, 0.2) is 0 Å². The molecule has 0 aliphatic carbocycles. The molecule has 144 valence electrons. The number of amides is 1. The summed E-state index contributed by atoms with van der Waals surface area (Å²) in [4.78, 5) is 33.1. The summed E-state index contributed by atoms with van der Waals surface area (Å²) in [6.45, 7) is 2.18. The number of para-hydroxylation sites is 1. The van der Waals surface area contributed by atoms with E-state index >= 15 is 0 Å². The van der Waals surface area contributed by atoms with Gasteiger partial charge < -0.3 is 20.5 Å². The van der Waals surface area contributed by atoms with Crippen LogP contribution in [0.5, 0.6) is 0 Å². The van der Waals surface area contributed by atoms with Crippen molar-refractivity contribution in [3.05, 3.63) is 52.0 Å². The van der Waals surface area contributed by atoms with E-state index in [9.17, 15) is 14.9 Å². The number of pyridine rings is 1. The van der Waals surface area contributed by atoms with Crippen molar-refractivity contribution in [2.75, 3.05) is 31.1 Å². The van der Waals surface area contributed by atoms with E-state index in [1.165, 1.54) is 4.57 Å². The molecule has 8 nitrogen and oxygen atoms in total. The zero-order chi connectivity index (χ0) is 19.0. The maximum Gasteiger partial charge on any atom is 0.272 e. The lowest BCUT2D eigenvalue weighted by Gasteiger charge is -2.37. The van der Waals surface area contributed by atoms with Crippen molar-refractivity contribution >= 4 is 28.7 Å². The molecule has 2 aliphatic heterocycles. The highest BCUT2D eigenvalue weighted by atomic mass is 16.2. The summed E-state index contributed by atoms with van der Waals surface area (Å²) < 4.78 is 1.52. The maximum absolute atomic E-state index is 12.6. The van der Waals surface area contributed by atoms with Gasteiger partial charge in [-0.3, -0.25) is 14.6 Å². The Morgan fingerprint density at radius 1 is 1.18 bits per heavy atom. The van der Waals surface area contributed by atoms with Crippen molar-refractivity contribution in [3.8, 4) is 6.07 Å². The highest BCUT2D eigenvalue weighted by Gasteiger charge is 2.27. The van der Waals surface area contributed by atoms with Gasteiger partial charge in [0.2, 0.25) is 0 Å². The molecule has 1 fully saturated rings. The second-order valence-corrected chi connectivity index (χ2v) is 6.63. The number of hydrogen-bond donors (Lipinski definition) is 1. The number of benzene rings is 1. The Kier molecular flexibility index (Phi) is 5.29. The monoisotopic (exact) mass is 378 g/mol. The molecule has 1 saturated heterocycles. The summed E-state index contributed by atoms with van der Waals surface area (Å²) in [5.74, 6) is -0.0576. The number of rotatable bonds is 2. The number of nitriles is 1. The number of aliphatic imine (C=N–C) groups is 1. The molecule has 0 bridgehead atoms. The zero-order valence-electron chi connectivity index (χ0n) is 15.8. The van der Waals surface area contributed by atoms with Crippen LogP contribution in [0.1, 0.15) is 12.0 Å². The van der Waals surface area contributed by atoms with E-state index in [1.807, 2.05) is 35.2 Å². The van der Waals surface area contributed by atoms with Crippen LogP contribution in [-0.4, -0.2) is 47.8 Å². The summed E-state index contributed by atoms with van der Waals surface area (Å²) in [5.41, 5.74) is 1.82. The number of anilines is 1. The summed E-state index contributed by atoms with van der Waals surface area (Å²) >= 11 is 0. The number of piperazine rings is 1. The molecular weight excluding hydrogens is 356 g/mol. The molecule has 28 heavy (non-hydrogen) atoms. The molecule has 0 unspecified atom stereocenters. The topological polar surface area (TPSA) is 117 Å². The van der Waals surface area contributed by atoms with Gasteiger partial charge in [0.1, 0.15) is 17.3 Å². The minimum absolute atomic E-state index is 0. The number of aromatic nitrogens is 1. The quantitative estimate of drug-likeness (QED) is 0.851. The van der Waals surface area contributed by atoms with E-state index in [1.54, 1.807) is 18.2 Å². The Morgan fingerprint density at radius 3 is 2.54 bits per heavy atom. The number of fused-ring (bicyclic) bond motifs is 1. The number of carbonyl (C=O) groups excluding carboxylic acids is 1. The second-order valence-electron chi connectivity index (χ2n) is 6.63. The first-order chi connectivity index (χ1) is 13.1. The lowest BCUT2D eigenvalue weighted by Crippen LogP contribution is -2.49. The molecule has 2 aromatic rings. The Balaban J connectivity index is 0.00000225. The van der Waals surface area contributed by atoms with E-state index in [0.29, 0.717) is 44.0 Å².